The molecule has 0 fully saturated rings. The van der Waals surface area contributed by atoms with Gasteiger partial charge in [0.05, 0.1) is 0 Å². The van der Waals surface area contributed by atoms with E-state index in [9.17, 15) is 4.79 Å². The van der Waals surface area contributed by atoms with Gasteiger partial charge in [0.1, 0.15) is 11.8 Å². The van der Waals surface area contributed by atoms with E-state index in [-0.39, 0.29) is 11.2 Å². The summed E-state index contributed by atoms with van der Waals surface area (Å²) in [6, 6.07) is 13.9. The number of hydrogen-bond acceptors (Lipinski definition) is 3. The van der Waals surface area contributed by atoms with Gasteiger partial charge >= 0.3 is 0 Å². The molecular weight excluding hydrogens is 214 g/mol. The van der Waals surface area contributed by atoms with Crippen LogP contribution in [0.1, 0.15) is 17.1 Å². The Morgan fingerprint density at radius 3 is 2.59 bits per heavy atom. The molecule has 0 amide bonds. The summed E-state index contributed by atoms with van der Waals surface area (Å²) in [6.07, 6.45) is 3.48. The van der Waals surface area contributed by atoms with Crippen LogP contribution in [0.15, 0.2) is 51.7 Å². The molecule has 1 aromatic heterocycles. The molecule has 2 rings (SSSR count). The molecule has 0 aliphatic carbocycles. The van der Waals surface area contributed by atoms with Gasteiger partial charge in [0.25, 0.3) is 0 Å². The quantitative estimate of drug-likeness (QED) is 0.786. The molecule has 0 spiro atoms. The molecule has 3 nitrogen and oxygen atoms in total. The highest BCUT2D eigenvalue weighted by atomic mass is 16.3. The largest absolute Gasteiger partial charge is 0.446 e. The van der Waals surface area contributed by atoms with Crippen molar-refractivity contribution in [3.05, 3.63) is 69.8 Å². The molecule has 0 saturated heterocycles. The highest BCUT2D eigenvalue weighted by molar-refractivity contribution is 5.67. The van der Waals surface area contributed by atoms with E-state index in [1.807, 2.05) is 36.4 Å². The van der Waals surface area contributed by atoms with E-state index in [0.717, 1.165) is 5.56 Å². The lowest BCUT2D eigenvalue weighted by Gasteiger charge is -1.94. The Labute approximate surface area is 98.3 Å². The average molecular weight is 223 g/mol. The zero-order chi connectivity index (χ0) is 12.1. The minimum atomic E-state index is -0.236. The van der Waals surface area contributed by atoms with Crippen LogP contribution in [0.25, 0.3) is 12.2 Å². The van der Waals surface area contributed by atoms with Gasteiger partial charge in [-0.25, -0.2) is 0 Å². The SMILES string of the molecule is N#Cc1cc(=O)cc(C=Cc2ccccc2)o1. The van der Waals surface area contributed by atoms with Crippen LogP contribution >= 0.6 is 0 Å². The lowest BCUT2D eigenvalue weighted by molar-refractivity contribution is 0.524. The third kappa shape index (κ3) is 2.93. The summed E-state index contributed by atoms with van der Waals surface area (Å²) in [6.45, 7) is 0. The van der Waals surface area contributed by atoms with Crippen LogP contribution in [0.4, 0.5) is 0 Å². The van der Waals surface area contributed by atoms with Gasteiger partial charge in [-0.3, -0.25) is 4.79 Å². The number of nitrogens with zero attached hydrogens (tertiary/aromatic N) is 1. The van der Waals surface area contributed by atoms with Crippen LogP contribution in [0.2, 0.25) is 0 Å². The zero-order valence-electron chi connectivity index (χ0n) is 8.96. The van der Waals surface area contributed by atoms with Gasteiger partial charge in [0.15, 0.2) is 5.43 Å². The van der Waals surface area contributed by atoms with Gasteiger partial charge in [-0.2, -0.15) is 5.26 Å². The molecule has 17 heavy (non-hydrogen) atoms. The molecule has 0 radical (unpaired) electrons. The van der Waals surface area contributed by atoms with Crippen molar-refractivity contribution in [2.45, 2.75) is 0 Å². The molecule has 0 unspecified atom stereocenters. The Bertz CT molecular complexity index is 633. The molecule has 0 atom stereocenters. The summed E-state index contributed by atoms with van der Waals surface area (Å²) in [7, 11) is 0. The van der Waals surface area contributed by atoms with E-state index in [1.54, 1.807) is 12.1 Å². The highest BCUT2D eigenvalue weighted by Gasteiger charge is 1.97. The van der Waals surface area contributed by atoms with Crippen molar-refractivity contribution in [1.82, 2.24) is 0 Å². The maximum Gasteiger partial charge on any atom is 0.207 e. The van der Waals surface area contributed by atoms with Gasteiger partial charge in [0, 0.05) is 12.1 Å². The van der Waals surface area contributed by atoms with E-state index in [1.165, 1.54) is 12.1 Å². The molecule has 2 aromatic rings. The van der Waals surface area contributed by atoms with Crippen LogP contribution in [0, 0.1) is 11.3 Å². The molecule has 1 aromatic carbocycles. The molecular formula is C14H9NO2. The second-order valence-corrected chi connectivity index (χ2v) is 3.42. The first-order valence-electron chi connectivity index (χ1n) is 5.06. The topological polar surface area (TPSA) is 54.0 Å². The van der Waals surface area contributed by atoms with Gasteiger partial charge in [0.2, 0.25) is 5.76 Å². The number of benzene rings is 1. The fraction of sp³-hybridized carbons (Fsp3) is 0. The average Bonchev–Trinajstić information content (AvgIpc) is 2.37. The molecule has 82 valence electrons. The van der Waals surface area contributed by atoms with Crippen LogP contribution < -0.4 is 5.43 Å². The summed E-state index contributed by atoms with van der Waals surface area (Å²) < 4.78 is 5.18. The van der Waals surface area contributed by atoms with Gasteiger partial charge in [-0.05, 0) is 11.6 Å². The predicted molar refractivity (Wildman–Crippen MR) is 65.1 cm³/mol. The molecule has 1 heterocycles. The summed E-state index contributed by atoms with van der Waals surface area (Å²) >= 11 is 0. The highest BCUT2D eigenvalue weighted by Crippen LogP contribution is 2.07. The standard InChI is InChI=1S/C14H9NO2/c15-10-14-9-12(16)8-13(17-14)7-6-11-4-2-1-3-5-11/h1-9H. The Morgan fingerprint density at radius 2 is 1.88 bits per heavy atom. The van der Waals surface area contributed by atoms with Gasteiger partial charge in [-0.15, -0.1) is 0 Å². The zero-order valence-corrected chi connectivity index (χ0v) is 8.96. The number of nitriles is 1. The second-order valence-electron chi connectivity index (χ2n) is 3.42. The molecule has 0 bridgehead atoms. The van der Waals surface area contributed by atoms with Crippen LogP contribution in [0.3, 0.4) is 0 Å². The maximum absolute atomic E-state index is 11.2. The lowest BCUT2D eigenvalue weighted by Crippen LogP contribution is -1.98. The second kappa shape index (κ2) is 4.95. The van der Waals surface area contributed by atoms with Crippen molar-refractivity contribution < 1.29 is 4.42 Å². The minimum absolute atomic E-state index is 0.0187. The Kier molecular flexibility index (Phi) is 3.18. The van der Waals surface area contributed by atoms with Crippen molar-refractivity contribution in [2.24, 2.45) is 0 Å². The first-order chi connectivity index (χ1) is 8.28. The third-order valence-corrected chi connectivity index (χ3v) is 2.14. The summed E-state index contributed by atoms with van der Waals surface area (Å²) in [5.74, 6) is 0.392. The normalized spacial score (nSPS) is 10.3. The number of hydrogen-bond donors (Lipinski definition) is 0. The Morgan fingerprint density at radius 1 is 1.12 bits per heavy atom. The van der Waals surface area contributed by atoms with Crippen molar-refractivity contribution >= 4 is 12.2 Å². The van der Waals surface area contributed by atoms with E-state index in [2.05, 4.69) is 0 Å². The van der Waals surface area contributed by atoms with Gasteiger partial charge in [-0.1, -0.05) is 36.4 Å². The van der Waals surface area contributed by atoms with E-state index < -0.39 is 0 Å². The smallest absolute Gasteiger partial charge is 0.207 e. The van der Waals surface area contributed by atoms with E-state index in [0.29, 0.717) is 5.76 Å². The van der Waals surface area contributed by atoms with E-state index >= 15 is 0 Å². The Hall–Kier alpha value is -2.60. The van der Waals surface area contributed by atoms with Crippen LogP contribution in [0.5, 0.6) is 0 Å². The first kappa shape index (κ1) is 10.9. The predicted octanol–water partition coefficient (Wildman–Crippen LogP) is 2.68. The molecule has 3 heteroatoms. The maximum atomic E-state index is 11.2. The first-order valence-corrected chi connectivity index (χ1v) is 5.06. The fourth-order valence-electron chi connectivity index (χ4n) is 1.38. The van der Waals surface area contributed by atoms with Crippen molar-refractivity contribution in [1.29, 1.82) is 5.26 Å². The third-order valence-electron chi connectivity index (χ3n) is 2.14. The van der Waals surface area contributed by atoms with E-state index in [4.69, 9.17) is 9.68 Å². The number of rotatable bonds is 2. The molecule has 0 aliphatic heterocycles. The molecule has 0 N–H and O–H groups in total. The monoisotopic (exact) mass is 223 g/mol. The minimum Gasteiger partial charge on any atom is -0.446 e. The summed E-state index contributed by atoms with van der Waals surface area (Å²) in [5, 5.41) is 8.67. The summed E-state index contributed by atoms with van der Waals surface area (Å²) in [4.78, 5) is 11.2. The molecule has 0 aliphatic rings. The fourth-order valence-corrected chi connectivity index (χ4v) is 1.38. The van der Waals surface area contributed by atoms with Gasteiger partial charge < -0.3 is 4.42 Å². The van der Waals surface area contributed by atoms with Crippen molar-refractivity contribution in [2.75, 3.05) is 0 Å². The van der Waals surface area contributed by atoms with Crippen molar-refractivity contribution in [3.63, 3.8) is 0 Å². The van der Waals surface area contributed by atoms with Crippen LogP contribution in [-0.4, -0.2) is 0 Å². The van der Waals surface area contributed by atoms with Crippen LogP contribution in [-0.2, 0) is 0 Å². The van der Waals surface area contributed by atoms with Crippen molar-refractivity contribution in [3.8, 4) is 6.07 Å². The summed E-state index contributed by atoms with van der Waals surface area (Å²) in [5.41, 5.74) is 0.762. The Balaban J connectivity index is 2.31. The molecule has 0 saturated carbocycles. The lowest BCUT2D eigenvalue weighted by atomic mass is 10.2.